The second-order valence-corrected chi connectivity index (χ2v) is 5.93. The van der Waals surface area contributed by atoms with Gasteiger partial charge in [0.2, 0.25) is 0 Å². The summed E-state index contributed by atoms with van der Waals surface area (Å²) >= 11 is 1.76. The van der Waals surface area contributed by atoms with E-state index in [1.807, 2.05) is 13.2 Å². The van der Waals surface area contributed by atoms with E-state index in [0.29, 0.717) is 35.9 Å². The molecule has 0 saturated heterocycles. The Morgan fingerprint density at radius 3 is 2.65 bits per heavy atom. The minimum Gasteiger partial charge on any atom is -0.462 e. The Morgan fingerprint density at radius 2 is 2.10 bits per heavy atom. The maximum Gasteiger partial charge on any atom is 0.340 e. The molecule has 1 unspecified atom stereocenters. The number of thioether (sulfide) groups is 1. The second kappa shape index (κ2) is 7.53. The number of pyridine rings is 1. The minimum absolute atomic E-state index is 0.0546. The molecule has 0 fully saturated rings. The van der Waals surface area contributed by atoms with Crippen LogP contribution in [0.15, 0.2) is 10.9 Å². The molecular formula is C15H23NO3S. The summed E-state index contributed by atoms with van der Waals surface area (Å²) in [5, 5.41) is 0. The minimum atomic E-state index is -0.353. The number of ether oxygens (including phenoxy) is 1. The van der Waals surface area contributed by atoms with Crippen LogP contribution in [0.1, 0.15) is 35.5 Å². The van der Waals surface area contributed by atoms with Crippen molar-refractivity contribution in [3.05, 3.63) is 33.2 Å². The fourth-order valence-corrected chi connectivity index (χ4v) is 2.98. The molecule has 112 valence electrons. The first-order valence-electron chi connectivity index (χ1n) is 6.79. The molecule has 1 heterocycles. The highest BCUT2D eigenvalue weighted by atomic mass is 32.2. The van der Waals surface area contributed by atoms with Crippen LogP contribution in [0.5, 0.6) is 0 Å². The molecule has 1 aromatic rings. The third kappa shape index (κ3) is 3.88. The molecule has 0 aliphatic carbocycles. The molecular weight excluding hydrogens is 274 g/mol. The molecule has 0 bridgehead atoms. The third-order valence-corrected chi connectivity index (χ3v) is 4.09. The van der Waals surface area contributed by atoms with Crippen molar-refractivity contribution in [2.24, 2.45) is 5.92 Å². The topological polar surface area (TPSA) is 48.3 Å². The number of carbonyl (C=O) groups is 1. The van der Waals surface area contributed by atoms with Gasteiger partial charge in [0, 0.05) is 18.3 Å². The molecule has 1 atom stereocenters. The Morgan fingerprint density at radius 1 is 1.45 bits per heavy atom. The summed E-state index contributed by atoms with van der Waals surface area (Å²) in [5.74, 6) is 1.00. The van der Waals surface area contributed by atoms with Crippen LogP contribution in [0.3, 0.4) is 0 Å². The van der Waals surface area contributed by atoms with Gasteiger partial charge in [0.05, 0.1) is 12.2 Å². The highest BCUT2D eigenvalue weighted by Crippen LogP contribution is 2.15. The number of hydrogen-bond acceptors (Lipinski definition) is 4. The van der Waals surface area contributed by atoms with Crippen LogP contribution in [0.2, 0.25) is 0 Å². The van der Waals surface area contributed by atoms with Gasteiger partial charge in [-0.1, -0.05) is 6.92 Å². The second-order valence-electron chi connectivity index (χ2n) is 5.02. The van der Waals surface area contributed by atoms with Crippen molar-refractivity contribution in [2.75, 3.05) is 18.6 Å². The van der Waals surface area contributed by atoms with E-state index in [-0.39, 0.29) is 11.5 Å². The highest BCUT2D eigenvalue weighted by molar-refractivity contribution is 7.98. The standard InChI is InChI=1S/C15H23NO3S/c1-6-19-15(18)14-11(3)7-13(17)16(12(14)4)8-10(2)9-20-5/h7,10H,6,8-9H2,1-5H3. The zero-order chi connectivity index (χ0) is 15.3. The monoisotopic (exact) mass is 297 g/mol. The molecule has 0 aliphatic heterocycles. The quantitative estimate of drug-likeness (QED) is 0.757. The Bertz CT molecular complexity index is 537. The number of hydrogen-bond donors (Lipinski definition) is 0. The van der Waals surface area contributed by atoms with Gasteiger partial charge in [-0.05, 0) is 44.3 Å². The van der Waals surface area contributed by atoms with Gasteiger partial charge in [-0.25, -0.2) is 4.79 Å². The summed E-state index contributed by atoms with van der Waals surface area (Å²) in [5.41, 5.74) is 1.84. The van der Waals surface area contributed by atoms with Crippen molar-refractivity contribution in [1.82, 2.24) is 4.57 Å². The fraction of sp³-hybridized carbons (Fsp3) is 0.600. The van der Waals surface area contributed by atoms with Crippen molar-refractivity contribution in [3.8, 4) is 0 Å². The summed E-state index contributed by atoms with van der Waals surface area (Å²) < 4.78 is 6.76. The average molecular weight is 297 g/mol. The molecule has 0 aromatic carbocycles. The number of aryl methyl sites for hydroxylation is 1. The summed E-state index contributed by atoms with van der Waals surface area (Å²) in [7, 11) is 0. The summed E-state index contributed by atoms with van der Waals surface area (Å²) in [4.78, 5) is 24.2. The Hall–Kier alpha value is -1.23. The molecule has 20 heavy (non-hydrogen) atoms. The predicted molar refractivity (Wildman–Crippen MR) is 83.7 cm³/mol. The molecule has 0 radical (unpaired) electrons. The Balaban J connectivity index is 3.22. The molecule has 0 saturated carbocycles. The first-order chi connectivity index (χ1) is 9.42. The van der Waals surface area contributed by atoms with Crippen LogP contribution in [-0.2, 0) is 11.3 Å². The number of esters is 1. The van der Waals surface area contributed by atoms with E-state index in [1.165, 1.54) is 6.07 Å². The fourth-order valence-electron chi connectivity index (χ4n) is 2.31. The predicted octanol–water partition coefficient (Wildman–Crippen LogP) is 2.64. The van der Waals surface area contributed by atoms with E-state index in [4.69, 9.17) is 4.74 Å². The summed E-state index contributed by atoms with van der Waals surface area (Å²) in [6.45, 7) is 8.42. The van der Waals surface area contributed by atoms with Crippen LogP contribution >= 0.6 is 11.8 Å². The molecule has 4 nitrogen and oxygen atoms in total. The summed E-state index contributed by atoms with van der Waals surface area (Å²) in [6.07, 6.45) is 2.05. The Labute approximate surface area is 124 Å². The van der Waals surface area contributed by atoms with E-state index < -0.39 is 0 Å². The van der Waals surface area contributed by atoms with E-state index >= 15 is 0 Å². The molecule has 0 aliphatic rings. The molecule has 5 heteroatoms. The lowest BCUT2D eigenvalue weighted by atomic mass is 10.1. The van der Waals surface area contributed by atoms with Gasteiger partial charge in [0.1, 0.15) is 0 Å². The molecule has 1 rings (SSSR count). The number of rotatable bonds is 6. The lowest BCUT2D eigenvalue weighted by Crippen LogP contribution is -2.28. The lowest BCUT2D eigenvalue weighted by molar-refractivity contribution is 0.0523. The van der Waals surface area contributed by atoms with Gasteiger partial charge in [-0.3, -0.25) is 4.79 Å². The van der Waals surface area contributed by atoms with Crippen molar-refractivity contribution < 1.29 is 9.53 Å². The van der Waals surface area contributed by atoms with E-state index in [2.05, 4.69) is 6.92 Å². The van der Waals surface area contributed by atoms with Gasteiger partial charge in [0.15, 0.2) is 0 Å². The third-order valence-electron chi connectivity index (χ3n) is 3.19. The number of carbonyl (C=O) groups excluding carboxylic acids is 1. The maximum atomic E-state index is 12.1. The van der Waals surface area contributed by atoms with Crippen LogP contribution < -0.4 is 5.56 Å². The maximum absolute atomic E-state index is 12.1. The number of aromatic nitrogens is 1. The normalized spacial score (nSPS) is 12.2. The zero-order valence-corrected chi connectivity index (χ0v) is 13.7. The van der Waals surface area contributed by atoms with Gasteiger partial charge >= 0.3 is 5.97 Å². The number of nitrogens with zero attached hydrogens (tertiary/aromatic N) is 1. The first-order valence-corrected chi connectivity index (χ1v) is 8.18. The molecule has 1 aromatic heterocycles. The zero-order valence-electron chi connectivity index (χ0n) is 12.9. The summed E-state index contributed by atoms with van der Waals surface area (Å²) in [6, 6.07) is 1.52. The molecule has 0 amide bonds. The van der Waals surface area contributed by atoms with Crippen molar-refractivity contribution in [3.63, 3.8) is 0 Å². The van der Waals surface area contributed by atoms with Crippen molar-refractivity contribution in [1.29, 1.82) is 0 Å². The Kier molecular flexibility index (Phi) is 6.33. The van der Waals surface area contributed by atoms with Crippen LogP contribution in [0, 0.1) is 19.8 Å². The van der Waals surface area contributed by atoms with Crippen molar-refractivity contribution >= 4 is 17.7 Å². The van der Waals surface area contributed by atoms with Crippen molar-refractivity contribution in [2.45, 2.75) is 34.2 Å². The highest BCUT2D eigenvalue weighted by Gasteiger charge is 2.18. The van der Waals surface area contributed by atoms with Gasteiger partial charge < -0.3 is 9.30 Å². The van der Waals surface area contributed by atoms with Crippen LogP contribution in [-0.4, -0.2) is 29.2 Å². The van der Waals surface area contributed by atoms with Gasteiger partial charge in [-0.15, -0.1) is 0 Å². The SMILES string of the molecule is CCOC(=O)c1c(C)cc(=O)n(CC(C)CSC)c1C. The van der Waals surface area contributed by atoms with Gasteiger partial charge in [-0.2, -0.15) is 11.8 Å². The average Bonchev–Trinajstić information content (AvgIpc) is 2.35. The molecule has 0 spiro atoms. The van der Waals surface area contributed by atoms with Gasteiger partial charge in [0.25, 0.3) is 5.56 Å². The van der Waals surface area contributed by atoms with Crippen LogP contribution in [0.25, 0.3) is 0 Å². The van der Waals surface area contributed by atoms with E-state index in [0.717, 1.165) is 5.75 Å². The molecule has 0 N–H and O–H groups in total. The largest absolute Gasteiger partial charge is 0.462 e. The van der Waals surface area contributed by atoms with E-state index in [9.17, 15) is 9.59 Å². The van der Waals surface area contributed by atoms with Crippen LogP contribution in [0.4, 0.5) is 0 Å². The first kappa shape index (κ1) is 16.8. The lowest BCUT2D eigenvalue weighted by Gasteiger charge is -2.18. The smallest absolute Gasteiger partial charge is 0.340 e. The van der Waals surface area contributed by atoms with E-state index in [1.54, 1.807) is 30.2 Å².